The maximum absolute atomic E-state index is 11.9. The zero-order valence-electron chi connectivity index (χ0n) is 13.8. The number of nitrogens with one attached hydrogen (secondary N) is 3. The highest BCUT2D eigenvalue weighted by Crippen LogP contribution is 2.25. The number of nitrogens with zero attached hydrogens (tertiary/aromatic N) is 7. The molecule has 2 aromatic rings. The van der Waals surface area contributed by atoms with E-state index in [-0.39, 0.29) is 18.8 Å². The SMILES string of the molecule is [N-]=[N+]=NCC(CN=[N+]=[N-])OC(=O)N/C(C=N)=C/Nc1nc2ccccc2s1. The van der Waals surface area contributed by atoms with Crippen LogP contribution in [0.2, 0.25) is 0 Å². The number of rotatable bonds is 9. The van der Waals surface area contributed by atoms with Gasteiger partial charge < -0.3 is 15.5 Å². The van der Waals surface area contributed by atoms with Crippen molar-refractivity contribution < 1.29 is 9.53 Å². The molecule has 0 aliphatic rings. The first kappa shape index (κ1) is 19.5. The molecular formula is C14H14N10O2S. The number of anilines is 1. The summed E-state index contributed by atoms with van der Waals surface area (Å²) in [6.07, 6.45) is 0.502. The Kier molecular flexibility index (Phi) is 7.42. The summed E-state index contributed by atoms with van der Waals surface area (Å²) in [4.78, 5) is 21.4. The predicted molar refractivity (Wildman–Crippen MR) is 102 cm³/mol. The van der Waals surface area contributed by atoms with Crippen LogP contribution >= 0.6 is 11.3 Å². The molecule has 0 unspecified atom stereocenters. The van der Waals surface area contributed by atoms with Gasteiger partial charge in [0.1, 0.15) is 6.10 Å². The van der Waals surface area contributed by atoms with E-state index in [0.29, 0.717) is 5.13 Å². The number of allylic oxidation sites excluding steroid dienone is 1. The number of benzene rings is 1. The van der Waals surface area contributed by atoms with Crippen LogP contribution in [0.15, 0.2) is 46.4 Å². The minimum absolute atomic E-state index is 0.116. The predicted octanol–water partition coefficient (Wildman–Crippen LogP) is 3.91. The van der Waals surface area contributed by atoms with Crippen LogP contribution < -0.4 is 10.6 Å². The van der Waals surface area contributed by atoms with Crippen LogP contribution in [0.4, 0.5) is 9.93 Å². The molecule has 0 fully saturated rings. The molecule has 1 aromatic carbocycles. The van der Waals surface area contributed by atoms with Gasteiger partial charge in [0.25, 0.3) is 0 Å². The van der Waals surface area contributed by atoms with E-state index in [1.54, 1.807) is 0 Å². The van der Waals surface area contributed by atoms with Crippen molar-refractivity contribution in [1.82, 2.24) is 10.3 Å². The Bertz CT molecular complexity index is 889. The number of hydrogen-bond donors (Lipinski definition) is 3. The van der Waals surface area contributed by atoms with Crippen LogP contribution in [0.5, 0.6) is 0 Å². The molecule has 0 aliphatic heterocycles. The summed E-state index contributed by atoms with van der Waals surface area (Å²) in [6.45, 7) is -0.368. The van der Waals surface area contributed by atoms with Gasteiger partial charge in [-0.1, -0.05) is 33.7 Å². The Hall–Kier alpha value is -3.79. The van der Waals surface area contributed by atoms with Gasteiger partial charge >= 0.3 is 6.09 Å². The van der Waals surface area contributed by atoms with Gasteiger partial charge in [0.05, 0.1) is 29.0 Å². The van der Waals surface area contributed by atoms with Gasteiger partial charge in [0.15, 0.2) is 5.13 Å². The highest BCUT2D eigenvalue weighted by Gasteiger charge is 2.13. The Morgan fingerprint density at radius 2 is 2.04 bits per heavy atom. The molecule has 2 rings (SSSR count). The topological polar surface area (TPSA) is 185 Å². The summed E-state index contributed by atoms with van der Waals surface area (Å²) in [6, 6.07) is 7.60. The quantitative estimate of drug-likeness (QED) is 0.255. The number of alkyl carbamates (subject to hydrolysis) is 1. The van der Waals surface area contributed by atoms with E-state index < -0.39 is 12.2 Å². The number of carbonyl (C=O) groups is 1. The van der Waals surface area contributed by atoms with Crippen molar-refractivity contribution in [1.29, 1.82) is 5.41 Å². The monoisotopic (exact) mass is 386 g/mol. The second-order valence-electron chi connectivity index (χ2n) is 4.85. The van der Waals surface area contributed by atoms with E-state index in [9.17, 15) is 4.79 Å². The third-order valence-electron chi connectivity index (χ3n) is 3.02. The van der Waals surface area contributed by atoms with Crippen LogP contribution in [-0.4, -0.2) is 36.5 Å². The summed E-state index contributed by atoms with van der Waals surface area (Å²) >= 11 is 1.42. The molecule has 0 spiro atoms. The first-order chi connectivity index (χ1) is 13.2. The second-order valence-corrected chi connectivity index (χ2v) is 5.88. The first-order valence-corrected chi connectivity index (χ1v) is 8.30. The Labute approximate surface area is 156 Å². The molecule has 0 atom stereocenters. The second kappa shape index (κ2) is 10.3. The molecule has 0 saturated carbocycles. The number of ether oxygens (including phenoxy) is 1. The van der Waals surface area contributed by atoms with Crippen LogP contribution in [0, 0.1) is 5.41 Å². The maximum atomic E-state index is 11.9. The van der Waals surface area contributed by atoms with Crippen molar-refractivity contribution >= 4 is 39.0 Å². The number of hydrogen-bond acceptors (Lipinski definition) is 8. The maximum Gasteiger partial charge on any atom is 0.411 e. The molecule has 0 bridgehead atoms. The Morgan fingerprint density at radius 3 is 2.67 bits per heavy atom. The standard InChI is InChI=1S/C14H14N10O2S/c15-5-9(6-18-13-22-11-3-1-2-4-12(11)27-13)21-14(25)26-10(7-19-23-16)8-20-24-17/h1-6,10,15H,7-8H2,(H,18,22)(H,21,25)/b9-6+,15-5?. The molecule has 0 radical (unpaired) electrons. The molecule has 1 heterocycles. The molecule has 13 heteroatoms. The van der Waals surface area contributed by atoms with Gasteiger partial charge in [-0.2, -0.15) is 0 Å². The lowest BCUT2D eigenvalue weighted by Gasteiger charge is -2.14. The zero-order valence-corrected chi connectivity index (χ0v) is 14.6. The highest BCUT2D eigenvalue weighted by atomic mass is 32.1. The first-order valence-electron chi connectivity index (χ1n) is 7.48. The van der Waals surface area contributed by atoms with E-state index in [4.69, 9.17) is 21.2 Å². The molecule has 0 aliphatic carbocycles. The number of azide groups is 2. The number of thiazole rings is 1. The summed E-state index contributed by atoms with van der Waals surface area (Å²) in [5.41, 5.74) is 17.6. The van der Waals surface area contributed by atoms with Gasteiger partial charge in [-0.3, -0.25) is 5.32 Å². The van der Waals surface area contributed by atoms with E-state index in [1.807, 2.05) is 24.3 Å². The van der Waals surface area contributed by atoms with Crippen molar-refractivity contribution in [3.05, 3.63) is 57.0 Å². The lowest BCUT2D eigenvalue weighted by atomic mass is 10.3. The number of carbonyl (C=O) groups excluding carboxylic acids is 1. The zero-order chi connectivity index (χ0) is 19.5. The van der Waals surface area contributed by atoms with E-state index in [0.717, 1.165) is 16.4 Å². The normalized spacial score (nSPS) is 11.6. The van der Waals surface area contributed by atoms with Gasteiger partial charge in [-0.15, -0.1) is 0 Å². The summed E-state index contributed by atoms with van der Waals surface area (Å²) < 4.78 is 6.02. The van der Waals surface area contributed by atoms with E-state index >= 15 is 0 Å². The molecular weight excluding hydrogens is 372 g/mol. The van der Waals surface area contributed by atoms with Gasteiger partial charge in [0, 0.05) is 22.2 Å². The third kappa shape index (κ3) is 6.21. The summed E-state index contributed by atoms with van der Waals surface area (Å²) in [7, 11) is 0. The fourth-order valence-electron chi connectivity index (χ4n) is 1.87. The summed E-state index contributed by atoms with van der Waals surface area (Å²) in [5, 5.41) is 19.8. The fourth-order valence-corrected chi connectivity index (χ4v) is 2.71. The van der Waals surface area contributed by atoms with Crippen molar-refractivity contribution in [2.75, 3.05) is 18.4 Å². The molecule has 27 heavy (non-hydrogen) atoms. The third-order valence-corrected chi connectivity index (χ3v) is 3.99. The molecule has 12 nitrogen and oxygen atoms in total. The van der Waals surface area contributed by atoms with Crippen molar-refractivity contribution in [3.8, 4) is 0 Å². The van der Waals surface area contributed by atoms with E-state index in [2.05, 4.69) is 35.7 Å². The smallest absolute Gasteiger partial charge is 0.411 e. The fraction of sp³-hybridized carbons (Fsp3) is 0.214. The summed E-state index contributed by atoms with van der Waals surface area (Å²) in [5.74, 6) is 0. The number of aromatic nitrogens is 1. The minimum Gasteiger partial charge on any atom is -0.446 e. The van der Waals surface area contributed by atoms with Crippen molar-refractivity contribution in [2.45, 2.75) is 6.10 Å². The lowest BCUT2D eigenvalue weighted by molar-refractivity contribution is 0.108. The van der Waals surface area contributed by atoms with Gasteiger partial charge in [0.2, 0.25) is 0 Å². The lowest BCUT2D eigenvalue weighted by Crippen LogP contribution is -2.32. The van der Waals surface area contributed by atoms with E-state index in [1.165, 1.54) is 17.5 Å². The van der Waals surface area contributed by atoms with Crippen LogP contribution in [0.1, 0.15) is 0 Å². The van der Waals surface area contributed by atoms with Crippen LogP contribution in [0.25, 0.3) is 31.1 Å². The van der Waals surface area contributed by atoms with Crippen LogP contribution in [0.3, 0.4) is 0 Å². The Balaban J connectivity index is 1.97. The molecule has 138 valence electrons. The molecule has 1 amide bonds. The average Bonchev–Trinajstić information content (AvgIpc) is 3.10. The van der Waals surface area contributed by atoms with Crippen molar-refractivity contribution in [2.24, 2.45) is 10.2 Å². The molecule has 1 aromatic heterocycles. The average molecular weight is 386 g/mol. The highest BCUT2D eigenvalue weighted by molar-refractivity contribution is 7.22. The molecule has 3 N–H and O–H groups in total. The van der Waals surface area contributed by atoms with Crippen LogP contribution in [-0.2, 0) is 4.74 Å². The number of fused-ring (bicyclic) bond motifs is 1. The Morgan fingerprint density at radius 1 is 1.33 bits per heavy atom. The van der Waals surface area contributed by atoms with Gasteiger partial charge in [-0.25, -0.2) is 9.78 Å². The largest absolute Gasteiger partial charge is 0.446 e. The number of para-hydroxylation sites is 1. The minimum atomic E-state index is -0.916. The van der Waals surface area contributed by atoms with Crippen molar-refractivity contribution in [3.63, 3.8) is 0 Å². The molecule has 0 saturated heterocycles. The van der Waals surface area contributed by atoms with Gasteiger partial charge in [-0.05, 0) is 23.2 Å². The number of amides is 1.